The van der Waals surface area contributed by atoms with Gasteiger partial charge in [0.15, 0.2) is 0 Å². The van der Waals surface area contributed by atoms with Crippen molar-refractivity contribution in [1.29, 1.82) is 0 Å². The highest BCUT2D eigenvalue weighted by Crippen LogP contribution is 2.01. The number of rotatable bonds is 0. The Kier molecular flexibility index (Phi) is 7.97. The molecule has 2 nitrogen and oxygen atoms in total. The third-order valence-electron chi connectivity index (χ3n) is 1.08. The van der Waals surface area contributed by atoms with Crippen LogP contribution in [0.15, 0.2) is 0 Å². The zero-order valence-corrected chi connectivity index (χ0v) is 6.17. The van der Waals surface area contributed by atoms with Crippen LogP contribution in [0.1, 0.15) is 12.8 Å². The molecule has 0 atom stereocenters. The average molecular weight is 160 g/mol. The van der Waals surface area contributed by atoms with Crippen LogP contribution in [-0.2, 0) is 0 Å². The second-order valence-corrected chi connectivity index (χ2v) is 1.66. The minimum absolute atomic E-state index is 0. The van der Waals surface area contributed by atoms with Crippen LogP contribution in [-0.4, -0.2) is 23.4 Å². The van der Waals surface area contributed by atoms with Crippen LogP contribution in [0.2, 0.25) is 0 Å². The Labute approximate surface area is 61.6 Å². The van der Waals surface area contributed by atoms with Crippen molar-refractivity contribution in [2.75, 3.05) is 13.1 Å². The van der Waals surface area contributed by atoms with Gasteiger partial charge in [-0.2, -0.15) is 5.06 Å². The molecule has 1 saturated heterocycles. The van der Waals surface area contributed by atoms with Gasteiger partial charge in [0.05, 0.1) is 0 Å². The number of nitrogens with zero attached hydrogens (tertiary/aromatic N) is 1. The second-order valence-electron chi connectivity index (χ2n) is 1.66. The van der Waals surface area contributed by atoms with E-state index in [4.69, 9.17) is 5.21 Å². The second kappa shape index (κ2) is 5.63. The maximum Gasteiger partial charge on any atom is 0.0238 e. The molecule has 52 valence electrons. The highest BCUT2D eigenvalue weighted by atomic mass is 35.5. The average Bonchev–Trinajstić information content (AvgIpc) is 1.86. The molecule has 0 radical (unpaired) electrons. The monoisotopic (exact) mass is 159 g/mol. The molecule has 0 aromatic heterocycles. The molecule has 0 aromatic carbocycles. The van der Waals surface area contributed by atoms with Gasteiger partial charge in [-0.3, -0.25) is 0 Å². The first-order valence-corrected chi connectivity index (χ1v) is 2.33. The first-order chi connectivity index (χ1) is 2.89. The molecule has 1 aliphatic heterocycles. The molecule has 0 spiro atoms. The van der Waals surface area contributed by atoms with Crippen LogP contribution in [0.3, 0.4) is 0 Å². The number of hydrogen-bond donors (Lipinski definition) is 1. The molecule has 8 heavy (non-hydrogen) atoms. The number of halogens is 2. The molecule has 4 heteroatoms. The van der Waals surface area contributed by atoms with Gasteiger partial charge in [0.1, 0.15) is 0 Å². The molecule has 0 aromatic rings. The van der Waals surface area contributed by atoms with E-state index in [-0.39, 0.29) is 24.8 Å². The topological polar surface area (TPSA) is 23.5 Å². The maximum absolute atomic E-state index is 8.56. The number of hydrogen-bond acceptors (Lipinski definition) is 2. The van der Waals surface area contributed by atoms with Crippen LogP contribution in [0.5, 0.6) is 0 Å². The van der Waals surface area contributed by atoms with Gasteiger partial charge in [0.2, 0.25) is 0 Å². The molecule has 1 rings (SSSR count). The predicted octanol–water partition coefficient (Wildman–Crippen LogP) is 1.32. The molecular weight excluding hydrogens is 149 g/mol. The molecule has 0 unspecified atom stereocenters. The Hall–Kier alpha value is 0.500. The fourth-order valence-corrected chi connectivity index (χ4v) is 0.700. The highest BCUT2D eigenvalue weighted by molar-refractivity contribution is 5.85. The third kappa shape index (κ3) is 3.50. The molecule has 0 aliphatic carbocycles. The Bertz CT molecular complexity index is 47.3. The summed E-state index contributed by atoms with van der Waals surface area (Å²) in [6.45, 7) is 1.75. The zero-order valence-electron chi connectivity index (χ0n) is 4.54. The molecule has 0 bridgehead atoms. The zero-order chi connectivity index (χ0) is 4.41. The van der Waals surface area contributed by atoms with Crippen LogP contribution >= 0.6 is 24.8 Å². The maximum atomic E-state index is 8.56. The van der Waals surface area contributed by atoms with Gasteiger partial charge in [-0.25, -0.2) is 0 Å². The number of hydroxylamine groups is 2. The van der Waals surface area contributed by atoms with E-state index in [1.807, 2.05) is 0 Å². The van der Waals surface area contributed by atoms with Gasteiger partial charge < -0.3 is 5.21 Å². The van der Waals surface area contributed by atoms with Crippen molar-refractivity contribution in [2.24, 2.45) is 0 Å². The molecule has 0 amide bonds. The van der Waals surface area contributed by atoms with Gasteiger partial charge >= 0.3 is 0 Å². The minimum Gasteiger partial charge on any atom is -0.314 e. The van der Waals surface area contributed by atoms with Crippen LogP contribution in [0.4, 0.5) is 0 Å². The predicted molar refractivity (Wildman–Crippen MR) is 37.1 cm³/mol. The summed E-state index contributed by atoms with van der Waals surface area (Å²) in [5.74, 6) is 0. The normalized spacial score (nSPS) is 19.1. The van der Waals surface area contributed by atoms with E-state index in [2.05, 4.69) is 0 Å². The van der Waals surface area contributed by atoms with Crippen molar-refractivity contribution in [3.05, 3.63) is 0 Å². The van der Waals surface area contributed by atoms with Crippen LogP contribution in [0, 0.1) is 0 Å². The van der Waals surface area contributed by atoms with E-state index in [1.54, 1.807) is 0 Å². The first-order valence-electron chi connectivity index (χ1n) is 2.33. The van der Waals surface area contributed by atoms with Gasteiger partial charge in [-0.15, -0.1) is 24.8 Å². The highest BCUT2D eigenvalue weighted by Gasteiger charge is 2.05. The van der Waals surface area contributed by atoms with Crippen molar-refractivity contribution >= 4 is 24.8 Å². The van der Waals surface area contributed by atoms with Crippen molar-refractivity contribution in [3.8, 4) is 0 Å². The Morgan fingerprint density at radius 3 is 1.50 bits per heavy atom. The summed E-state index contributed by atoms with van der Waals surface area (Å²) < 4.78 is 0. The van der Waals surface area contributed by atoms with Crippen molar-refractivity contribution in [2.45, 2.75) is 12.8 Å². The Morgan fingerprint density at radius 2 is 1.38 bits per heavy atom. The van der Waals surface area contributed by atoms with Crippen molar-refractivity contribution in [1.82, 2.24) is 5.06 Å². The summed E-state index contributed by atoms with van der Waals surface area (Å²) in [7, 11) is 0. The lowest BCUT2D eigenvalue weighted by atomic mass is 10.4. The fraction of sp³-hybridized carbons (Fsp3) is 1.00. The summed E-state index contributed by atoms with van der Waals surface area (Å²) in [4.78, 5) is 0. The largest absolute Gasteiger partial charge is 0.314 e. The van der Waals surface area contributed by atoms with Crippen LogP contribution in [0.25, 0.3) is 0 Å². The summed E-state index contributed by atoms with van der Waals surface area (Å²) in [5.41, 5.74) is 0. The lowest BCUT2D eigenvalue weighted by Gasteiger charge is -1.99. The van der Waals surface area contributed by atoms with Crippen molar-refractivity contribution in [3.63, 3.8) is 0 Å². The minimum atomic E-state index is 0. The van der Waals surface area contributed by atoms with E-state index < -0.39 is 0 Å². The fourth-order valence-electron chi connectivity index (χ4n) is 0.700. The SMILES string of the molecule is Cl.Cl.ON1CCCC1. The Morgan fingerprint density at radius 1 is 1.00 bits per heavy atom. The van der Waals surface area contributed by atoms with Gasteiger partial charge in [0, 0.05) is 13.1 Å². The summed E-state index contributed by atoms with van der Waals surface area (Å²) in [5, 5.41) is 9.92. The van der Waals surface area contributed by atoms with E-state index >= 15 is 0 Å². The van der Waals surface area contributed by atoms with Gasteiger partial charge in [0.25, 0.3) is 0 Å². The third-order valence-corrected chi connectivity index (χ3v) is 1.08. The molecule has 1 N–H and O–H groups in total. The van der Waals surface area contributed by atoms with E-state index in [1.165, 1.54) is 5.06 Å². The van der Waals surface area contributed by atoms with E-state index in [9.17, 15) is 0 Å². The van der Waals surface area contributed by atoms with Crippen molar-refractivity contribution < 1.29 is 5.21 Å². The standard InChI is InChI=1S/C4H9NO.2ClH/c6-5-3-1-2-4-5;;/h6H,1-4H2;2*1H. The van der Waals surface area contributed by atoms with Crippen LogP contribution < -0.4 is 0 Å². The smallest absolute Gasteiger partial charge is 0.0238 e. The van der Waals surface area contributed by atoms with Gasteiger partial charge in [-0.05, 0) is 12.8 Å². The molecule has 1 aliphatic rings. The van der Waals surface area contributed by atoms with Gasteiger partial charge in [-0.1, -0.05) is 0 Å². The summed E-state index contributed by atoms with van der Waals surface area (Å²) in [6.07, 6.45) is 2.33. The summed E-state index contributed by atoms with van der Waals surface area (Å²) in [6, 6.07) is 0. The van der Waals surface area contributed by atoms with E-state index in [0.29, 0.717) is 0 Å². The lowest BCUT2D eigenvalue weighted by Crippen LogP contribution is -2.11. The molecule has 1 fully saturated rings. The molecular formula is C4H11Cl2NO. The lowest BCUT2D eigenvalue weighted by molar-refractivity contribution is -0.0678. The molecule has 1 heterocycles. The summed E-state index contributed by atoms with van der Waals surface area (Å²) >= 11 is 0. The Balaban J connectivity index is 0. The first kappa shape index (κ1) is 11.3. The quantitative estimate of drug-likeness (QED) is 0.577. The molecule has 0 saturated carbocycles. The van der Waals surface area contributed by atoms with E-state index in [0.717, 1.165) is 25.9 Å².